The molecule has 2 fully saturated rings. The maximum atomic E-state index is 12.6. The van der Waals surface area contributed by atoms with E-state index in [1.54, 1.807) is 0 Å². The number of halogens is 1. The molecule has 0 radical (unpaired) electrons. The van der Waals surface area contributed by atoms with Crippen molar-refractivity contribution >= 4 is 35.8 Å². The highest BCUT2D eigenvalue weighted by Gasteiger charge is 2.30. The number of hydrogen-bond donors (Lipinski definition) is 1. The number of guanidine groups is 1. The quantitative estimate of drug-likeness (QED) is 0.275. The third-order valence-corrected chi connectivity index (χ3v) is 5.39. The van der Waals surface area contributed by atoms with E-state index in [9.17, 15) is 4.79 Å². The highest BCUT2D eigenvalue weighted by molar-refractivity contribution is 14.0. The van der Waals surface area contributed by atoms with Gasteiger partial charge in [0.25, 0.3) is 0 Å². The number of rotatable bonds is 6. The smallest absolute Gasteiger partial charge is 0.239 e. The van der Waals surface area contributed by atoms with E-state index < -0.39 is 0 Å². The van der Waals surface area contributed by atoms with Crippen molar-refractivity contribution in [3.05, 3.63) is 0 Å². The highest BCUT2D eigenvalue weighted by atomic mass is 127. The highest BCUT2D eigenvalue weighted by Crippen LogP contribution is 2.14. The molecule has 6 nitrogen and oxygen atoms in total. The molecule has 1 N–H and O–H groups in total. The number of likely N-dealkylation sites (tertiary alicyclic amines) is 1. The van der Waals surface area contributed by atoms with Gasteiger partial charge in [0.2, 0.25) is 5.91 Å². The third-order valence-electron chi connectivity index (χ3n) is 5.39. The van der Waals surface area contributed by atoms with Gasteiger partial charge in [-0.2, -0.15) is 0 Å². The molecule has 0 aromatic rings. The average Bonchev–Trinajstić information content (AvgIpc) is 3.15. The first-order chi connectivity index (χ1) is 12.0. The summed E-state index contributed by atoms with van der Waals surface area (Å²) in [7, 11) is 1.86. The maximum absolute atomic E-state index is 12.6. The van der Waals surface area contributed by atoms with E-state index in [-0.39, 0.29) is 30.0 Å². The van der Waals surface area contributed by atoms with Gasteiger partial charge in [0.15, 0.2) is 5.96 Å². The molecule has 26 heavy (non-hydrogen) atoms. The SMILES string of the molecule is CN=C(NCCCC(C)C)N1CCN(C(C)C(=O)N2CCCC2)CC1.I. The van der Waals surface area contributed by atoms with Crippen LogP contribution in [0.1, 0.15) is 46.5 Å². The van der Waals surface area contributed by atoms with Crippen molar-refractivity contribution in [2.24, 2.45) is 10.9 Å². The molecule has 152 valence electrons. The second kappa shape index (κ2) is 12.0. The molecule has 0 aromatic heterocycles. The van der Waals surface area contributed by atoms with Gasteiger partial charge in [-0.3, -0.25) is 14.7 Å². The fourth-order valence-electron chi connectivity index (χ4n) is 3.72. The topological polar surface area (TPSA) is 51.2 Å². The summed E-state index contributed by atoms with van der Waals surface area (Å²) in [4.78, 5) is 23.7. The van der Waals surface area contributed by atoms with E-state index in [4.69, 9.17) is 0 Å². The van der Waals surface area contributed by atoms with Crippen molar-refractivity contribution < 1.29 is 4.79 Å². The van der Waals surface area contributed by atoms with E-state index in [0.717, 1.165) is 70.5 Å². The zero-order valence-corrected chi connectivity index (χ0v) is 19.4. The molecular formula is C19H38IN5O. The van der Waals surface area contributed by atoms with Crippen LogP contribution in [0.15, 0.2) is 4.99 Å². The van der Waals surface area contributed by atoms with Crippen LogP contribution in [0.2, 0.25) is 0 Å². The van der Waals surface area contributed by atoms with E-state index >= 15 is 0 Å². The lowest BCUT2D eigenvalue weighted by atomic mass is 10.1. The minimum absolute atomic E-state index is 0. The number of hydrogen-bond acceptors (Lipinski definition) is 3. The first kappa shape index (κ1) is 23.5. The van der Waals surface area contributed by atoms with Gasteiger partial charge in [0, 0.05) is 52.9 Å². The molecule has 2 rings (SSSR count). The number of aliphatic imine (C=N–C) groups is 1. The Morgan fingerprint density at radius 2 is 1.62 bits per heavy atom. The molecule has 2 aliphatic heterocycles. The molecule has 1 atom stereocenters. The van der Waals surface area contributed by atoms with Crippen molar-refractivity contribution in [1.82, 2.24) is 20.0 Å². The van der Waals surface area contributed by atoms with Crippen LogP contribution in [0.5, 0.6) is 0 Å². The van der Waals surface area contributed by atoms with E-state index in [1.165, 1.54) is 12.8 Å². The minimum atomic E-state index is 0. The Morgan fingerprint density at radius 1 is 1.00 bits per heavy atom. The van der Waals surface area contributed by atoms with Crippen molar-refractivity contribution in [2.75, 3.05) is 52.9 Å². The van der Waals surface area contributed by atoms with Gasteiger partial charge in [0.1, 0.15) is 0 Å². The van der Waals surface area contributed by atoms with E-state index in [1.807, 2.05) is 11.9 Å². The van der Waals surface area contributed by atoms with Crippen LogP contribution < -0.4 is 5.32 Å². The molecule has 2 saturated heterocycles. The molecule has 0 bridgehead atoms. The van der Waals surface area contributed by atoms with E-state index in [0.29, 0.717) is 5.91 Å². The predicted octanol–water partition coefficient (Wildman–Crippen LogP) is 2.24. The first-order valence-electron chi connectivity index (χ1n) is 10.0. The Kier molecular flexibility index (Phi) is 10.8. The van der Waals surface area contributed by atoms with Gasteiger partial charge in [0.05, 0.1) is 6.04 Å². The average molecular weight is 479 g/mol. The lowest BCUT2D eigenvalue weighted by molar-refractivity contribution is -0.135. The van der Waals surface area contributed by atoms with Crippen LogP contribution >= 0.6 is 24.0 Å². The monoisotopic (exact) mass is 479 g/mol. The van der Waals surface area contributed by atoms with E-state index in [2.05, 4.69) is 40.9 Å². The van der Waals surface area contributed by atoms with Crippen LogP contribution in [0, 0.1) is 5.92 Å². The molecule has 2 heterocycles. The van der Waals surface area contributed by atoms with Crippen LogP contribution in [0.4, 0.5) is 0 Å². The largest absolute Gasteiger partial charge is 0.356 e. The number of amides is 1. The van der Waals surface area contributed by atoms with Gasteiger partial charge < -0.3 is 15.1 Å². The van der Waals surface area contributed by atoms with Crippen molar-refractivity contribution in [2.45, 2.75) is 52.5 Å². The van der Waals surface area contributed by atoms with Crippen molar-refractivity contribution in [3.63, 3.8) is 0 Å². The summed E-state index contributed by atoms with van der Waals surface area (Å²) in [5.41, 5.74) is 0. The summed E-state index contributed by atoms with van der Waals surface area (Å²) in [6, 6.07) is 0.00117. The van der Waals surface area contributed by atoms with Crippen LogP contribution in [-0.4, -0.2) is 85.5 Å². The van der Waals surface area contributed by atoms with Crippen LogP contribution in [0.3, 0.4) is 0 Å². The molecule has 0 saturated carbocycles. The molecule has 1 amide bonds. The minimum Gasteiger partial charge on any atom is -0.356 e. The molecular weight excluding hydrogens is 441 g/mol. The van der Waals surface area contributed by atoms with Crippen LogP contribution in [-0.2, 0) is 4.79 Å². The Labute approximate surface area is 176 Å². The number of carbonyl (C=O) groups excluding carboxylic acids is 1. The van der Waals surface area contributed by atoms with Crippen molar-refractivity contribution in [1.29, 1.82) is 0 Å². The standard InChI is InChI=1S/C19H37N5O.HI/c1-16(2)8-7-9-21-19(20-4)24-14-12-22(13-15-24)17(3)18(25)23-10-5-6-11-23;/h16-17H,5-15H2,1-4H3,(H,20,21);1H. The zero-order valence-electron chi connectivity index (χ0n) is 17.0. The fourth-order valence-corrected chi connectivity index (χ4v) is 3.72. The summed E-state index contributed by atoms with van der Waals surface area (Å²) >= 11 is 0. The van der Waals surface area contributed by atoms with Gasteiger partial charge >= 0.3 is 0 Å². The summed E-state index contributed by atoms with van der Waals surface area (Å²) < 4.78 is 0. The second-order valence-corrected chi connectivity index (χ2v) is 7.74. The summed E-state index contributed by atoms with van der Waals surface area (Å²) in [5.74, 6) is 2.06. The summed E-state index contributed by atoms with van der Waals surface area (Å²) in [5, 5.41) is 3.49. The van der Waals surface area contributed by atoms with Gasteiger partial charge in [-0.1, -0.05) is 13.8 Å². The first-order valence-corrected chi connectivity index (χ1v) is 10.0. The Morgan fingerprint density at radius 3 is 2.15 bits per heavy atom. The number of nitrogens with zero attached hydrogens (tertiary/aromatic N) is 4. The van der Waals surface area contributed by atoms with Gasteiger partial charge in [-0.25, -0.2) is 0 Å². The fraction of sp³-hybridized carbons (Fsp3) is 0.895. The molecule has 0 spiro atoms. The predicted molar refractivity (Wildman–Crippen MR) is 119 cm³/mol. The lowest BCUT2D eigenvalue weighted by Gasteiger charge is -2.39. The summed E-state index contributed by atoms with van der Waals surface area (Å²) in [6.07, 6.45) is 4.74. The molecule has 2 aliphatic rings. The molecule has 0 aromatic carbocycles. The normalized spacial score (nSPS) is 20.3. The Hall–Kier alpha value is -0.570. The molecule has 7 heteroatoms. The second-order valence-electron chi connectivity index (χ2n) is 7.74. The number of carbonyl (C=O) groups is 1. The van der Waals surface area contributed by atoms with Gasteiger partial charge in [-0.15, -0.1) is 24.0 Å². The Bertz CT molecular complexity index is 443. The Balaban J connectivity index is 0.00000338. The van der Waals surface area contributed by atoms with Crippen molar-refractivity contribution in [3.8, 4) is 0 Å². The number of piperazine rings is 1. The van der Waals surface area contributed by atoms with Crippen LogP contribution in [0.25, 0.3) is 0 Å². The summed E-state index contributed by atoms with van der Waals surface area (Å²) in [6.45, 7) is 13.2. The maximum Gasteiger partial charge on any atom is 0.239 e. The third kappa shape index (κ3) is 6.87. The van der Waals surface area contributed by atoms with Gasteiger partial charge in [-0.05, 0) is 38.5 Å². The molecule has 0 aliphatic carbocycles. The zero-order chi connectivity index (χ0) is 18.2. The number of nitrogens with one attached hydrogen (secondary N) is 1. The molecule has 1 unspecified atom stereocenters. The lowest BCUT2D eigenvalue weighted by Crippen LogP contribution is -2.57.